The predicted molar refractivity (Wildman–Crippen MR) is 124 cm³/mol. The van der Waals surface area contributed by atoms with Crippen LogP contribution in [0.4, 0.5) is 0 Å². The molecule has 0 radical (unpaired) electrons. The quantitative estimate of drug-likeness (QED) is 0.491. The first-order valence-electron chi connectivity index (χ1n) is 9.60. The first kappa shape index (κ1) is 21.6. The van der Waals surface area contributed by atoms with Crippen molar-refractivity contribution >= 4 is 52.0 Å². The molecule has 1 aliphatic rings. The zero-order valence-corrected chi connectivity index (χ0v) is 18.6. The third-order valence-electron chi connectivity index (χ3n) is 5.06. The number of hydrogen-bond acceptors (Lipinski definition) is 4. The Morgan fingerprint density at radius 3 is 2.61 bits per heavy atom. The van der Waals surface area contributed by atoms with Crippen LogP contribution in [0.5, 0.6) is 0 Å². The van der Waals surface area contributed by atoms with Gasteiger partial charge in [-0.3, -0.25) is 4.79 Å². The SMILES string of the molecule is O=C(Cc1csc(-c2c(Cl)cccc2Cl)n1)N[C@@H](CC1=CCc2ccccc21)C(=O)O. The smallest absolute Gasteiger partial charge is 0.326 e. The number of thiazole rings is 1. The Hall–Kier alpha value is -2.67. The summed E-state index contributed by atoms with van der Waals surface area (Å²) >= 11 is 13.8. The molecule has 1 amide bonds. The van der Waals surface area contributed by atoms with Crippen molar-refractivity contribution in [3.63, 3.8) is 0 Å². The molecule has 0 unspecified atom stereocenters. The van der Waals surface area contributed by atoms with Crippen molar-refractivity contribution in [1.82, 2.24) is 10.3 Å². The summed E-state index contributed by atoms with van der Waals surface area (Å²) < 4.78 is 0. The number of allylic oxidation sites excluding steroid dienone is 1. The van der Waals surface area contributed by atoms with Gasteiger partial charge in [-0.15, -0.1) is 11.3 Å². The number of hydrogen-bond donors (Lipinski definition) is 2. The van der Waals surface area contributed by atoms with Crippen LogP contribution in [0.1, 0.15) is 23.2 Å². The maximum absolute atomic E-state index is 12.5. The zero-order chi connectivity index (χ0) is 22.0. The number of nitrogens with one attached hydrogen (secondary N) is 1. The fraction of sp³-hybridized carbons (Fsp3) is 0.174. The second-order valence-electron chi connectivity index (χ2n) is 7.17. The molecule has 5 nitrogen and oxygen atoms in total. The van der Waals surface area contributed by atoms with E-state index in [0.29, 0.717) is 26.3 Å². The molecule has 2 aromatic carbocycles. The van der Waals surface area contributed by atoms with Gasteiger partial charge in [0.2, 0.25) is 5.91 Å². The van der Waals surface area contributed by atoms with Crippen LogP contribution in [0, 0.1) is 0 Å². The number of carboxylic acid groups (broad SMARTS) is 1. The first-order chi connectivity index (χ1) is 14.9. The van der Waals surface area contributed by atoms with E-state index in [9.17, 15) is 14.7 Å². The number of nitrogens with zero attached hydrogens (tertiary/aromatic N) is 1. The van der Waals surface area contributed by atoms with Crippen molar-refractivity contribution in [2.75, 3.05) is 0 Å². The summed E-state index contributed by atoms with van der Waals surface area (Å²) in [6, 6.07) is 12.1. The van der Waals surface area contributed by atoms with Crippen LogP contribution >= 0.6 is 34.5 Å². The fourth-order valence-corrected chi connectivity index (χ4v) is 5.16. The van der Waals surface area contributed by atoms with Gasteiger partial charge in [-0.2, -0.15) is 0 Å². The standard InChI is InChI=1S/C23H18Cl2N2O3S/c24-17-6-3-7-18(25)21(17)22-26-15(12-31-22)11-20(28)27-19(23(29)30)10-14-9-8-13-4-1-2-5-16(13)14/h1-7,9,12,19H,8,10-11H2,(H,27,28)(H,29,30)/t19-/m0/s1. The van der Waals surface area contributed by atoms with Gasteiger partial charge in [0.05, 0.1) is 22.2 Å². The summed E-state index contributed by atoms with van der Waals surface area (Å²) in [5.41, 5.74) is 4.30. The van der Waals surface area contributed by atoms with Gasteiger partial charge in [-0.25, -0.2) is 9.78 Å². The number of fused-ring (bicyclic) bond motifs is 1. The number of carboxylic acids is 1. The third-order valence-corrected chi connectivity index (χ3v) is 6.60. The molecule has 0 spiro atoms. The van der Waals surface area contributed by atoms with Gasteiger partial charge < -0.3 is 10.4 Å². The van der Waals surface area contributed by atoms with Crippen molar-refractivity contribution in [1.29, 1.82) is 0 Å². The Labute approximate surface area is 193 Å². The van der Waals surface area contributed by atoms with E-state index in [1.54, 1.807) is 23.6 Å². The molecule has 1 heterocycles. The average molecular weight is 473 g/mol. The molecule has 0 bridgehead atoms. The number of benzene rings is 2. The monoisotopic (exact) mass is 472 g/mol. The van der Waals surface area contributed by atoms with E-state index >= 15 is 0 Å². The molecule has 0 fully saturated rings. The summed E-state index contributed by atoms with van der Waals surface area (Å²) in [7, 11) is 0. The zero-order valence-electron chi connectivity index (χ0n) is 16.3. The molecule has 4 rings (SSSR count). The topological polar surface area (TPSA) is 79.3 Å². The second kappa shape index (κ2) is 9.22. The van der Waals surface area contributed by atoms with Crippen molar-refractivity contribution in [2.45, 2.75) is 25.3 Å². The van der Waals surface area contributed by atoms with E-state index in [2.05, 4.69) is 10.3 Å². The van der Waals surface area contributed by atoms with Gasteiger partial charge in [0.25, 0.3) is 0 Å². The Morgan fingerprint density at radius 2 is 1.87 bits per heavy atom. The van der Waals surface area contributed by atoms with E-state index in [-0.39, 0.29) is 12.8 Å². The number of carbonyl (C=O) groups is 2. The van der Waals surface area contributed by atoms with E-state index in [1.807, 2.05) is 30.3 Å². The molecule has 1 atom stereocenters. The molecule has 1 aliphatic carbocycles. The van der Waals surface area contributed by atoms with Crippen LogP contribution < -0.4 is 5.32 Å². The minimum atomic E-state index is -1.07. The van der Waals surface area contributed by atoms with Crippen molar-refractivity contribution < 1.29 is 14.7 Å². The molecular formula is C23H18Cl2N2O3S. The number of rotatable bonds is 7. The molecule has 158 valence electrons. The van der Waals surface area contributed by atoms with Gasteiger partial charge >= 0.3 is 5.97 Å². The largest absolute Gasteiger partial charge is 0.480 e. The molecule has 0 saturated heterocycles. The normalized spacial score (nSPS) is 13.4. The van der Waals surface area contributed by atoms with E-state index < -0.39 is 17.9 Å². The van der Waals surface area contributed by atoms with Crippen molar-refractivity contribution in [3.8, 4) is 10.6 Å². The summed E-state index contributed by atoms with van der Waals surface area (Å²) in [5, 5.41) is 15.6. The minimum absolute atomic E-state index is 0.0298. The Kier molecular flexibility index (Phi) is 6.41. The Bertz CT molecular complexity index is 1170. The molecule has 3 aromatic rings. The lowest BCUT2D eigenvalue weighted by atomic mass is 9.99. The van der Waals surface area contributed by atoms with E-state index in [1.165, 1.54) is 16.9 Å². The number of carbonyl (C=O) groups excluding carboxylic acids is 1. The lowest BCUT2D eigenvalue weighted by Gasteiger charge is -2.16. The summed E-state index contributed by atoms with van der Waals surface area (Å²) in [5.74, 6) is -1.47. The molecule has 0 aliphatic heterocycles. The van der Waals surface area contributed by atoms with Gasteiger partial charge in [0.15, 0.2) is 0 Å². The fourth-order valence-electron chi connectivity index (χ4n) is 3.58. The van der Waals surface area contributed by atoms with Gasteiger partial charge in [0.1, 0.15) is 11.0 Å². The molecule has 0 saturated carbocycles. The van der Waals surface area contributed by atoms with Gasteiger partial charge in [-0.05, 0) is 35.3 Å². The lowest BCUT2D eigenvalue weighted by Crippen LogP contribution is -2.41. The average Bonchev–Trinajstić information content (AvgIpc) is 3.35. The van der Waals surface area contributed by atoms with Crippen LogP contribution in [0.25, 0.3) is 16.1 Å². The lowest BCUT2D eigenvalue weighted by molar-refractivity contribution is -0.141. The van der Waals surface area contributed by atoms with Gasteiger partial charge in [-0.1, -0.05) is 59.6 Å². The predicted octanol–water partition coefficient (Wildman–Crippen LogP) is 5.26. The second-order valence-corrected chi connectivity index (χ2v) is 8.84. The molecule has 2 N–H and O–H groups in total. The molecule has 1 aromatic heterocycles. The highest BCUT2D eigenvalue weighted by molar-refractivity contribution is 7.13. The summed E-state index contributed by atoms with van der Waals surface area (Å²) in [6.45, 7) is 0. The minimum Gasteiger partial charge on any atom is -0.480 e. The number of aliphatic carboxylic acids is 1. The van der Waals surface area contributed by atoms with Crippen molar-refractivity contribution in [2.24, 2.45) is 0 Å². The maximum atomic E-state index is 12.5. The van der Waals surface area contributed by atoms with Crippen LogP contribution in [0.3, 0.4) is 0 Å². The summed E-state index contributed by atoms with van der Waals surface area (Å²) in [6.07, 6.45) is 3.00. The first-order valence-corrected chi connectivity index (χ1v) is 11.2. The van der Waals surface area contributed by atoms with Crippen molar-refractivity contribution in [3.05, 3.63) is 80.8 Å². The highest BCUT2D eigenvalue weighted by Gasteiger charge is 2.25. The maximum Gasteiger partial charge on any atom is 0.326 e. The van der Waals surface area contributed by atoms with E-state index in [4.69, 9.17) is 23.2 Å². The highest BCUT2D eigenvalue weighted by Crippen LogP contribution is 2.36. The molecule has 8 heteroatoms. The third kappa shape index (κ3) is 4.82. The summed E-state index contributed by atoms with van der Waals surface area (Å²) in [4.78, 5) is 28.8. The van der Waals surface area contributed by atoms with Crippen LogP contribution in [-0.2, 0) is 22.4 Å². The number of amides is 1. The Balaban J connectivity index is 1.43. The Morgan fingerprint density at radius 1 is 1.13 bits per heavy atom. The highest BCUT2D eigenvalue weighted by atomic mass is 35.5. The van der Waals surface area contributed by atoms with E-state index in [0.717, 1.165) is 17.6 Å². The van der Waals surface area contributed by atoms with Crippen LogP contribution in [0.2, 0.25) is 10.0 Å². The molecule has 31 heavy (non-hydrogen) atoms. The number of halogens is 2. The number of aromatic nitrogens is 1. The van der Waals surface area contributed by atoms with Crippen LogP contribution in [-0.4, -0.2) is 28.0 Å². The van der Waals surface area contributed by atoms with Gasteiger partial charge in [0, 0.05) is 17.4 Å². The van der Waals surface area contributed by atoms with Crippen LogP contribution in [0.15, 0.2) is 53.9 Å². The molecular weight excluding hydrogens is 455 g/mol.